The van der Waals surface area contributed by atoms with Crippen LogP contribution in [0.15, 0.2) is 24.3 Å². The quantitative estimate of drug-likeness (QED) is 0.840. The zero-order valence-electron chi connectivity index (χ0n) is 10.4. The average Bonchev–Trinajstić information content (AvgIpc) is 2.51. The highest BCUT2D eigenvalue weighted by molar-refractivity contribution is 7.89. The van der Waals surface area contributed by atoms with Crippen LogP contribution in [0.5, 0.6) is 0 Å². The number of fused-ring (bicyclic) bond motifs is 1. The minimum atomic E-state index is -2.99. The summed E-state index contributed by atoms with van der Waals surface area (Å²) in [6, 6.07) is 8.18. The van der Waals surface area contributed by atoms with Crippen molar-refractivity contribution in [1.29, 1.82) is 0 Å². The minimum absolute atomic E-state index is 0.106. The van der Waals surface area contributed by atoms with Crippen LogP contribution in [-0.2, 0) is 22.1 Å². The van der Waals surface area contributed by atoms with Gasteiger partial charge in [0.05, 0.1) is 5.75 Å². The molecule has 4 heteroatoms. The Balaban J connectivity index is 2.63. The Labute approximate surface area is 102 Å². The summed E-state index contributed by atoms with van der Waals surface area (Å²) in [5.74, 6) is 0.106. The Kier molecular flexibility index (Phi) is 3.00. The van der Waals surface area contributed by atoms with Crippen LogP contribution in [0.1, 0.15) is 18.2 Å². The molecule has 0 aliphatic rings. The van der Waals surface area contributed by atoms with Crippen molar-refractivity contribution in [1.82, 2.24) is 4.57 Å². The molecule has 0 unspecified atom stereocenters. The fourth-order valence-electron chi connectivity index (χ4n) is 2.21. The summed E-state index contributed by atoms with van der Waals surface area (Å²) in [6.45, 7) is 4.86. The first-order valence-corrected chi connectivity index (χ1v) is 7.73. The van der Waals surface area contributed by atoms with E-state index >= 15 is 0 Å². The first-order valence-electron chi connectivity index (χ1n) is 5.67. The maximum Gasteiger partial charge on any atom is 0.153 e. The molecule has 0 bridgehead atoms. The summed E-state index contributed by atoms with van der Waals surface area (Å²) >= 11 is 0. The lowest BCUT2D eigenvalue weighted by Crippen LogP contribution is -2.07. The third kappa shape index (κ3) is 2.52. The van der Waals surface area contributed by atoms with Crippen molar-refractivity contribution in [2.45, 2.75) is 26.1 Å². The second-order valence-corrected chi connectivity index (χ2v) is 6.65. The highest BCUT2D eigenvalue weighted by atomic mass is 32.2. The number of benzene rings is 1. The summed E-state index contributed by atoms with van der Waals surface area (Å²) in [7, 11) is -2.99. The van der Waals surface area contributed by atoms with Crippen LogP contribution in [0, 0.1) is 6.92 Å². The number of nitrogens with zero attached hydrogens (tertiary/aromatic N) is 1. The van der Waals surface area contributed by atoms with Crippen molar-refractivity contribution in [2.24, 2.45) is 0 Å². The largest absolute Gasteiger partial charge is 0.344 e. The van der Waals surface area contributed by atoms with Gasteiger partial charge in [0, 0.05) is 29.4 Å². The van der Waals surface area contributed by atoms with Crippen molar-refractivity contribution >= 4 is 20.7 Å². The van der Waals surface area contributed by atoms with Gasteiger partial charge >= 0.3 is 0 Å². The molecule has 0 N–H and O–H groups in total. The number of aromatic nitrogens is 1. The van der Waals surface area contributed by atoms with E-state index in [1.165, 1.54) is 11.8 Å². The Morgan fingerprint density at radius 3 is 2.53 bits per heavy atom. The third-order valence-corrected chi connectivity index (χ3v) is 3.69. The maximum atomic E-state index is 11.4. The Bertz CT molecular complexity index is 653. The number of sulfone groups is 1. The van der Waals surface area contributed by atoms with Gasteiger partial charge in [-0.2, -0.15) is 0 Å². The van der Waals surface area contributed by atoms with Crippen LogP contribution < -0.4 is 0 Å². The van der Waals surface area contributed by atoms with Gasteiger partial charge in [-0.05, 0) is 32.0 Å². The summed E-state index contributed by atoms with van der Waals surface area (Å²) in [5, 5.41) is 1.12. The van der Waals surface area contributed by atoms with Crippen LogP contribution in [0.4, 0.5) is 0 Å². The Morgan fingerprint density at radius 1 is 1.24 bits per heavy atom. The topological polar surface area (TPSA) is 39.1 Å². The van der Waals surface area contributed by atoms with E-state index in [2.05, 4.69) is 22.8 Å². The number of hydrogen-bond acceptors (Lipinski definition) is 2. The van der Waals surface area contributed by atoms with Crippen LogP contribution >= 0.6 is 0 Å². The third-order valence-electron chi connectivity index (χ3n) is 2.87. The Morgan fingerprint density at radius 2 is 1.94 bits per heavy atom. The van der Waals surface area contributed by atoms with Crippen molar-refractivity contribution in [3.8, 4) is 0 Å². The van der Waals surface area contributed by atoms with Gasteiger partial charge in [0.25, 0.3) is 0 Å². The lowest BCUT2D eigenvalue weighted by atomic mass is 10.2. The molecule has 2 rings (SSSR count). The molecule has 0 amide bonds. The molecular weight excluding hydrogens is 234 g/mol. The molecule has 17 heavy (non-hydrogen) atoms. The van der Waals surface area contributed by atoms with E-state index in [4.69, 9.17) is 0 Å². The van der Waals surface area contributed by atoms with Gasteiger partial charge in [-0.15, -0.1) is 0 Å². The lowest BCUT2D eigenvalue weighted by molar-refractivity contribution is 0.598. The summed E-state index contributed by atoms with van der Waals surface area (Å²) in [6.07, 6.45) is 1.27. The fourth-order valence-corrected chi connectivity index (χ4v) is 2.99. The zero-order valence-corrected chi connectivity index (χ0v) is 11.2. The predicted molar refractivity (Wildman–Crippen MR) is 70.9 cm³/mol. The fraction of sp³-hybridized carbons (Fsp3) is 0.385. The number of rotatable bonds is 3. The molecular formula is C13H17NO2S. The average molecular weight is 251 g/mol. The van der Waals surface area contributed by atoms with Crippen LogP contribution in [0.2, 0.25) is 0 Å². The SMILES string of the molecule is CCn1c(CS(C)(=O)=O)cc2cc(C)ccc21. The van der Waals surface area contributed by atoms with E-state index in [1.807, 2.05) is 19.9 Å². The van der Waals surface area contributed by atoms with E-state index in [-0.39, 0.29) is 5.75 Å². The zero-order chi connectivity index (χ0) is 12.6. The lowest BCUT2D eigenvalue weighted by Gasteiger charge is -2.06. The molecule has 0 fully saturated rings. The molecule has 1 aromatic carbocycles. The molecule has 3 nitrogen and oxygen atoms in total. The number of aryl methyl sites for hydroxylation is 2. The molecule has 0 spiro atoms. The van der Waals surface area contributed by atoms with Gasteiger partial charge in [0.1, 0.15) is 0 Å². The van der Waals surface area contributed by atoms with E-state index in [9.17, 15) is 8.42 Å². The standard InChI is InChI=1S/C13H17NO2S/c1-4-14-12(9-17(3,15)16)8-11-7-10(2)5-6-13(11)14/h5-8H,4,9H2,1-3H3. The maximum absolute atomic E-state index is 11.4. The van der Waals surface area contributed by atoms with Crippen molar-refractivity contribution in [2.75, 3.05) is 6.26 Å². The highest BCUT2D eigenvalue weighted by Crippen LogP contribution is 2.22. The monoisotopic (exact) mass is 251 g/mol. The highest BCUT2D eigenvalue weighted by Gasteiger charge is 2.12. The normalized spacial score (nSPS) is 12.2. The van der Waals surface area contributed by atoms with E-state index < -0.39 is 9.84 Å². The number of hydrogen-bond donors (Lipinski definition) is 0. The van der Waals surface area contributed by atoms with E-state index in [0.29, 0.717) is 0 Å². The first kappa shape index (κ1) is 12.2. The van der Waals surface area contributed by atoms with Crippen LogP contribution in [0.3, 0.4) is 0 Å². The van der Waals surface area contributed by atoms with Gasteiger partial charge in [-0.25, -0.2) is 8.42 Å². The minimum Gasteiger partial charge on any atom is -0.344 e. The van der Waals surface area contributed by atoms with Crippen molar-refractivity contribution in [3.63, 3.8) is 0 Å². The molecule has 0 aliphatic heterocycles. The summed E-state index contributed by atoms with van der Waals surface area (Å²) in [5.41, 5.74) is 3.17. The summed E-state index contributed by atoms with van der Waals surface area (Å²) < 4.78 is 24.9. The smallest absolute Gasteiger partial charge is 0.153 e. The molecule has 0 saturated heterocycles. The molecule has 0 saturated carbocycles. The van der Waals surface area contributed by atoms with Gasteiger partial charge < -0.3 is 4.57 Å². The predicted octanol–water partition coefficient (Wildman–Crippen LogP) is 2.51. The van der Waals surface area contributed by atoms with Gasteiger partial charge in [-0.1, -0.05) is 11.6 Å². The molecule has 1 heterocycles. The molecule has 1 aromatic heterocycles. The van der Waals surface area contributed by atoms with Crippen LogP contribution in [0.25, 0.3) is 10.9 Å². The van der Waals surface area contributed by atoms with Crippen molar-refractivity contribution in [3.05, 3.63) is 35.5 Å². The molecule has 2 aromatic rings. The van der Waals surface area contributed by atoms with Crippen LogP contribution in [-0.4, -0.2) is 19.2 Å². The van der Waals surface area contributed by atoms with Gasteiger partial charge in [0.2, 0.25) is 0 Å². The summed E-state index contributed by atoms with van der Waals surface area (Å²) in [4.78, 5) is 0. The second kappa shape index (κ2) is 4.18. The van der Waals surface area contributed by atoms with Gasteiger partial charge in [-0.3, -0.25) is 0 Å². The Hall–Kier alpha value is -1.29. The van der Waals surface area contributed by atoms with E-state index in [0.717, 1.165) is 23.1 Å². The molecule has 0 radical (unpaired) electrons. The van der Waals surface area contributed by atoms with Crippen molar-refractivity contribution < 1.29 is 8.42 Å². The molecule has 92 valence electrons. The second-order valence-electron chi connectivity index (χ2n) is 4.51. The van der Waals surface area contributed by atoms with Gasteiger partial charge in [0.15, 0.2) is 9.84 Å². The van der Waals surface area contributed by atoms with E-state index in [1.54, 1.807) is 0 Å². The molecule has 0 atom stereocenters. The molecule has 0 aliphatic carbocycles. The first-order chi connectivity index (χ1) is 7.90.